The molecule has 98 valence electrons. The summed E-state index contributed by atoms with van der Waals surface area (Å²) in [5.74, 6) is -0.595. The highest BCUT2D eigenvalue weighted by atomic mass is 16.4. The van der Waals surface area contributed by atoms with E-state index in [1.165, 1.54) is 5.56 Å². The molecule has 0 aliphatic carbocycles. The Morgan fingerprint density at radius 2 is 2.00 bits per heavy atom. The van der Waals surface area contributed by atoms with Gasteiger partial charge in [0.15, 0.2) is 0 Å². The molecule has 1 aromatic rings. The van der Waals surface area contributed by atoms with Crippen molar-refractivity contribution in [2.45, 2.75) is 26.3 Å². The second-order valence-electron chi connectivity index (χ2n) is 5.18. The smallest absolute Gasteiger partial charge is 0.306 e. The van der Waals surface area contributed by atoms with Crippen molar-refractivity contribution in [3.63, 3.8) is 0 Å². The lowest BCUT2D eigenvalue weighted by Crippen LogP contribution is -2.52. The van der Waals surface area contributed by atoms with E-state index in [1.54, 1.807) is 0 Å². The quantitative estimate of drug-likeness (QED) is 0.869. The van der Waals surface area contributed by atoms with Gasteiger partial charge in [-0.1, -0.05) is 44.2 Å². The number of carboxylic acid groups (broad SMARTS) is 1. The van der Waals surface area contributed by atoms with Gasteiger partial charge in [-0.25, -0.2) is 0 Å². The van der Waals surface area contributed by atoms with Crippen molar-refractivity contribution in [3.05, 3.63) is 35.9 Å². The Morgan fingerprint density at radius 1 is 1.39 bits per heavy atom. The van der Waals surface area contributed by atoms with Gasteiger partial charge in [-0.15, -0.1) is 0 Å². The Bertz CT molecular complexity index is 398. The molecule has 1 aromatic carbocycles. The van der Waals surface area contributed by atoms with Crippen molar-refractivity contribution < 1.29 is 9.90 Å². The van der Waals surface area contributed by atoms with Crippen LogP contribution in [0.3, 0.4) is 0 Å². The molecule has 18 heavy (non-hydrogen) atoms. The summed E-state index contributed by atoms with van der Waals surface area (Å²) in [7, 11) is 0. The molecular formula is C15H21NO2. The van der Waals surface area contributed by atoms with Crippen LogP contribution in [0.2, 0.25) is 0 Å². The first-order valence-electron chi connectivity index (χ1n) is 6.65. The van der Waals surface area contributed by atoms with E-state index >= 15 is 0 Å². The second-order valence-corrected chi connectivity index (χ2v) is 5.18. The number of hydrogen-bond acceptors (Lipinski definition) is 2. The van der Waals surface area contributed by atoms with E-state index in [0.29, 0.717) is 12.0 Å². The summed E-state index contributed by atoms with van der Waals surface area (Å²) in [6.07, 6.45) is 1.07. The van der Waals surface area contributed by atoms with Crippen molar-refractivity contribution in [3.8, 4) is 0 Å². The van der Waals surface area contributed by atoms with Gasteiger partial charge >= 0.3 is 5.97 Å². The van der Waals surface area contributed by atoms with Crippen LogP contribution in [-0.4, -0.2) is 29.1 Å². The molecule has 0 spiro atoms. The number of carboxylic acids is 1. The van der Waals surface area contributed by atoms with Gasteiger partial charge in [0.2, 0.25) is 0 Å². The lowest BCUT2D eigenvalue weighted by Gasteiger charge is -2.46. The van der Waals surface area contributed by atoms with E-state index in [1.807, 2.05) is 13.0 Å². The molecule has 1 saturated heterocycles. The number of likely N-dealkylation sites (tertiary alicyclic amines) is 1. The van der Waals surface area contributed by atoms with E-state index in [4.69, 9.17) is 5.11 Å². The summed E-state index contributed by atoms with van der Waals surface area (Å²) in [5.41, 5.74) is 1.33. The fourth-order valence-corrected chi connectivity index (χ4v) is 2.70. The van der Waals surface area contributed by atoms with E-state index in [9.17, 15) is 4.79 Å². The molecule has 1 N–H and O–H groups in total. The number of benzene rings is 1. The van der Waals surface area contributed by atoms with Gasteiger partial charge in [-0.05, 0) is 17.9 Å². The fraction of sp³-hybridized carbons (Fsp3) is 0.533. The van der Waals surface area contributed by atoms with Gasteiger partial charge in [0.05, 0.1) is 5.92 Å². The van der Waals surface area contributed by atoms with Gasteiger partial charge in [-0.3, -0.25) is 9.69 Å². The maximum atomic E-state index is 10.9. The van der Waals surface area contributed by atoms with Crippen molar-refractivity contribution in [1.82, 2.24) is 4.90 Å². The van der Waals surface area contributed by atoms with Gasteiger partial charge in [0.1, 0.15) is 0 Å². The Labute approximate surface area is 108 Å². The van der Waals surface area contributed by atoms with Crippen molar-refractivity contribution in [2.24, 2.45) is 11.8 Å². The van der Waals surface area contributed by atoms with Crippen LogP contribution in [0.4, 0.5) is 0 Å². The first-order chi connectivity index (χ1) is 8.63. The van der Waals surface area contributed by atoms with E-state index in [2.05, 4.69) is 36.1 Å². The van der Waals surface area contributed by atoms with Crippen LogP contribution in [0.1, 0.15) is 31.9 Å². The minimum absolute atomic E-state index is 0.227. The van der Waals surface area contributed by atoms with Gasteiger partial charge < -0.3 is 5.11 Å². The summed E-state index contributed by atoms with van der Waals surface area (Å²) < 4.78 is 0. The normalized spacial score (nSPS) is 20.1. The molecule has 1 fully saturated rings. The first kappa shape index (κ1) is 13.1. The number of hydrogen-bond donors (Lipinski definition) is 1. The summed E-state index contributed by atoms with van der Waals surface area (Å²) in [5, 5.41) is 9.00. The van der Waals surface area contributed by atoms with E-state index < -0.39 is 5.97 Å². The summed E-state index contributed by atoms with van der Waals surface area (Å²) >= 11 is 0. The van der Waals surface area contributed by atoms with Crippen LogP contribution >= 0.6 is 0 Å². The zero-order valence-electron chi connectivity index (χ0n) is 11.0. The Kier molecular flexibility index (Phi) is 4.02. The molecule has 0 aromatic heterocycles. The lowest BCUT2D eigenvalue weighted by atomic mass is 9.84. The maximum Gasteiger partial charge on any atom is 0.306 e. The zero-order valence-corrected chi connectivity index (χ0v) is 11.0. The molecule has 3 heteroatoms. The summed E-state index contributed by atoms with van der Waals surface area (Å²) in [6, 6.07) is 10.9. The molecule has 0 saturated carbocycles. The molecule has 0 bridgehead atoms. The highest BCUT2D eigenvalue weighted by Gasteiger charge is 2.37. The molecule has 1 heterocycles. The molecule has 2 rings (SSSR count). The number of rotatable bonds is 5. The predicted octanol–water partition coefficient (Wildman–Crippen LogP) is 2.79. The monoisotopic (exact) mass is 247 g/mol. The number of nitrogens with zero attached hydrogens (tertiary/aromatic N) is 1. The molecule has 0 radical (unpaired) electrons. The van der Waals surface area contributed by atoms with Crippen LogP contribution < -0.4 is 0 Å². The van der Waals surface area contributed by atoms with Crippen LogP contribution in [-0.2, 0) is 4.79 Å². The predicted molar refractivity (Wildman–Crippen MR) is 71.3 cm³/mol. The molecular weight excluding hydrogens is 226 g/mol. The largest absolute Gasteiger partial charge is 0.481 e. The summed E-state index contributed by atoms with van der Waals surface area (Å²) in [4.78, 5) is 13.3. The van der Waals surface area contributed by atoms with Gasteiger partial charge in [0, 0.05) is 19.1 Å². The van der Waals surface area contributed by atoms with Gasteiger partial charge in [-0.2, -0.15) is 0 Å². The third-order valence-electron chi connectivity index (χ3n) is 4.05. The molecule has 1 aliphatic rings. The van der Waals surface area contributed by atoms with Crippen molar-refractivity contribution >= 4 is 5.97 Å². The molecule has 2 unspecified atom stereocenters. The Hall–Kier alpha value is -1.35. The SMILES string of the molecule is CCC(c1ccccc1)N1CC(C(C)C(=O)O)C1. The molecule has 3 nitrogen and oxygen atoms in total. The highest BCUT2D eigenvalue weighted by Crippen LogP contribution is 2.34. The van der Waals surface area contributed by atoms with E-state index in [-0.39, 0.29) is 5.92 Å². The maximum absolute atomic E-state index is 10.9. The lowest BCUT2D eigenvalue weighted by molar-refractivity contribution is -0.146. The second kappa shape index (κ2) is 5.53. The average Bonchev–Trinajstić information content (AvgIpc) is 2.33. The minimum atomic E-state index is -0.674. The van der Waals surface area contributed by atoms with Crippen LogP contribution in [0.5, 0.6) is 0 Å². The van der Waals surface area contributed by atoms with Crippen LogP contribution in [0.25, 0.3) is 0 Å². The standard InChI is InChI=1S/C15H21NO2/c1-3-14(12-7-5-4-6-8-12)16-9-13(10-16)11(2)15(17)18/h4-8,11,13-14H,3,9-10H2,1-2H3,(H,17,18). The Morgan fingerprint density at radius 3 is 2.50 bits per heavy atom. The van der Waals surface area contributed by atoms with Crippen LogP contribution in [0, 0.1) is 11.8 Å². The third-order valence-corrected chi connectivity index (χ3v) is 4.05. The zero-order chi connectivity index (χ0) is 13.1. The molecule has 0 amide bonds. The topological polar surface area (TPSA) is 40.5 Å². The molecule has 2 atom stereocenters. The van der Waals surface area contributed by atoms with Gasteiger partial charge in [0.25, 0.3) is 0 Å². The summed E-state index contributed by atoms with van der Waals surface area (Å²) in [6.45, 7) is 5.81. The van der Waals surface area contributed by atoms with E-state index in [0.717, 1.165) is 19.5 Å². The first-order valence-corrected chi connectivity index (χ1v) is 6.65. The minimum Gasteiger partial charge on any atom is -0.481 e. The van der Waals surface area contributed by atoms with Crippen molar-refractivity contribution in [1.29, 1.82) is 0 Å². The highest BCUT2D eigenvalue weighted by molar-refractivity contribution is 5.70. The number of carbonyl (C=O) groups is 1. The Balaban J connectivity index is 1.96. The number of aliphatic carboxylic acids is 1. The third kappa shape index (κ3) is 2.56. The average molecular weight is 247 g/mol. The van der Waals surface area contributed by atoms with Crippen molar-refractivity contribution in [2.75, 3.05) is 13.1 Å². The molecule has 1 aliphatic heterocycles. The van der Waals surface area contributed by atoms with Crippen LogP contribution in [0.15, 0.2) is 30.3 Å². The fourth-order valence-electron chi connectivity index (χ4n) is 2.70.